The molecule has 2 aromatic rings. The molecule has 0 saturated heterocycles. The van der Waals surface area contributed by atoms with E-state index in [1.165, 1.54) is 11.3 Å². The number of urea groups is 1. The van der Waals surface area contributed by atoms with Gasteiger partial charge in [-0.2, -0.15) is 0 Å². The first kappa shape index (κ1) is 16.5. The maximum absolute atomic E-state index is 12.0. The van der Waals surface area contributed by atoms with Gasteiger partial charge >= 0.3 is 6.03 Å². The third-order valence-electron chi connectivity index (χ3n) is 3.26. The van der Waals surface area contributed by atoms with Crippen molar-refractivity contribution in [1.29, 1.82) is 0 Å². The van der Waals surface area contributed by atoms with Crippen LogP contribution in [0.25, 0.3) is 0 Å². The molecule has 118 valence electrons. The zero-order chi connectivity index (χ0) is 15.8. The second-order valence-electron chi connectivity index (χ2n) is 4.98. The lowest BCUT2D eigenvalue weighted by Crippen LogP contribution is -2.40. The van der Waals surface area contributed by atoms with E-state index in [0.29, 0.717) is 0 Å². The molecule has 0 saturated carbocycles. The van der Waals surface area contributed by atoms with Crippen LogP contribution < -0.4 is 10.6 Å². The Balaban J connectivity index is 1.86. The standard InChI is InChI=1S/C16H21N3O2S/c1-2-6-13(12-7-3-4-9-17-12)19-16(21)18-11-14(20)15-8-5-10-22-15/h3-5,7-10,13-14,20H,2,6,11H2,1H3,(H2,18,19,21). The number of amides is 2. The highest BCUT2D eigenvalue weighted by atomic mass is 32.1. The Bertz CT molecular complexity index is 560. The van der Waals surface area contributed by atoms with E-state index in [1.54, 1.807) is 6.20 Å². The molecule has 2 atom stereocenters. The highest BCUT2D eigenvalue weighted by molar-refractivity contribution is 7.10. The fourth-order valence-electron chi connectivity index (χ4n) is 2.14. The lowest BCUT2D eigenvalue weighted by atomic mass is 10.1. The molecule has 6 heteroatoms. The van der Waals surface area contributed by atoms with Crippen LogP contribution >= 0.6 is 11.3 Å². The molecular formula is C16H21N3O2S. The van der Waals surface area contributed by atoms with Gasteiger partial charge in [-0.1, -0.05) is 25.5 Å². The minimum absolute atomic E-state index is 0.120. The van der Waals surface area contributed by atoms with Gasteiger partial charge in [0.1, 0.15) is 6.10 Å². The number of rotatable bonds is 7. The molecule has 2 rings (SSSR count). The van der Waals surface area contributed by atoms with Crippen molar-refractivity contribution in [2.75, 3.05) is 6.54 Å². The van der Waals surface area contributed by atoms with E-state index in [-0.39, 0.29) is 18.6 Å². The number of carbonyl (C=O) groups is 1. The molecule has 0 bridgehead atoms. The summed E-state index contributed by atoms with van der Waals surface area (Å²) in [6, 6.07) is 8.98. The molecule has 0 spiro atoms. The molecule has 0 fully saturated rings. The predicted molar refractivity (Wildman–Crippen MR) is 87.7 cm³/mol. The van der Waals surface area contributed by atoms with Gasteiger partial charge in [-0.25, -0.2) is 4.79 Å². The summed E-state index contributed by atoms with van der Waals surface area (Å²) >= 11 is 1.47. The van der Waals surface area contributed by atoms with Gasteiger partial charge in [-0.05, 0) is 30.0 Å². The molecule has 0 aliphatic rings. The monoisotopic (exact) mass is 319 g/mol. The number of pyridine rings is 1. The number of aromatic nitrogens is 1. The normalized spacial score (nSPS) is 13.4. The largest absolute Gasteiger partial charge is 0.386 e. The van der Waals surface area contributed by atoms with Crippen molar-refractivity contribution in [2.24, 2.45) is 0 Å². The van der Waals surface area contributed by atoms with E-state index in [0.717, 1.165) is 23.4 Å². The van der Waals surface area contributed by atoms with Gasteiger partial charge in [0.2, 0.25) is 0 Å². The molecule has 2 aromatic heterocycles. The first-order valence-electron chi connectivity index (χ1n) is 7.37. The summed E-state index contributed by atoms with van der Waals surface area (Å²) in [6.45, 7) is 2.25. The highest BCUT2D eigenvalue weighted by Gasteiger charge is 2.16. The van der Waals surface area contributed by atoms with Crippen LogP contribution in [0.15, 0.2) is 41.9 Å². The van der Waals surface area contributed by atoms with Crippen LogP contribution in [0.4, 0.5) is 4.79 Å². The molecule has 0 aliphatic carbocycles. The van der Waals surface area contributed by atoms with Gasteiger partial charge in [0.25, 0.3) is 0 Å². The third kappa shape index (κ3) is 4.82. The topological polar surface area (TPSA) is 74.2 Å². The van der Waals surface area contributed by atoms with E-state index in [9.17, 15) is 9.90 Å². The second kappa shape index (κ2) is 8.51. The summed E-state index contributed by atoms with van der Waals surface area (Å²) < 4.78 is 0. The van der Waals surface area contributed by atoms with Gasteiger partial charge in [0.15, 0.2) is 0 Å². The molecule has 0 radical (unpaired) electrons. The Labute approximate surface area is 134 Å². The molecule has 2 unspecified atom stereocenters. The summed E-state index contributed by atoms with van der Waals surface area (Å²) in [6.07, 6.45) is 2.81. The number of thiophene rings is 1. The smallest absolute Gasteiger partial charge is 0.315 e. The maximum Gasteiger partial charge on any atom is 0.315 e. The summed E-state index contributed by atoms with van der Waals surface area (Å²) in [4.78, 5) is 17.2. The number of nitrogens with one attached hydrogen (secondary N) is 2. The van der Waals surface area contributed by atoms with Gasteiger partial charge in [0.05, 0.1) is 18.3 Å². The van der Waals surface area contributed by atoms with Crippen molar-refractivity contribution in [1.82, 2.24) is 15.6 Å². The molecule has 2 amide bonds. The Kier molecular flexibility index (Phi) is 6.36. The number of hydrogen-bond acceptors (Lipinski definition) is 4. The van der Waals surface area contributed by atoms with Crippen molar-refractivity contribution in [3.05, 3.63) is 52.5 Å². The molecule has 22 heavy (non-hydrogen) atoms. The molecule has 0 aromatic carbocycles. The van der Waals surface area contributed by atoms with Crippen molar-refractivity contribution in [3.63, 3.8) is 0 Å². The lowest BCUT2D eigenvalue weighted by molar-refractivity contribution is 0.175. The zero-order valence-corrected chi connectivity index (χ0v) is 13.3. The van der Waals surface area contributed by atoms with Crippen LogP contribution in [0, 0.1) is 0 Å². The van der Waals surface area contributed by atoms with E-state index in [4.69, 9.17) is 0 Å². The minimum atomic E-state index is -0.676. The fraction of sp³-hybridized carbons (Fsp3) is 0.375. The van der Waals surface area contributed by atoms with Crippen LogP contribution in [-0.4, -0.2) is 22.7 Å². The van der Waals surface area contributed by atoms with Gasteiger partial charge in [0, 0.05) is 11.1 Å². The summed E-state index contributed by atoms with van der Waals surface area (Å²) in [5.41, 5.74) is 0.846. The van der Waals surface area contributed by atoms with Crippen LogP contribution in [-0.2, 0) is 0 Å². The Morgan fingerprint density at radius 3 is 2.86 bits per heavy atom. The first-order valence-corrected chi connectivity index (χ1v) is 8.25. The predicted octanol–water partition coefficient (Wildman–Crippen LogP) is 3.02. The number of aliphatic hydroxyl groups is 1. The van der Waals surface area contributed by atoms with Gasteiger partial charge < -0.3 is 15.7 Å². The average Bonchev–Trinajstić information content (AvgIpc) is 3.07. The number of hydrogen-bond donors (Lipinski definition) is 3. The zero-order valence-electron chi connectivity index (χ0n) is 12.5. The quantitative estimate of drug-likeness (QED) is 0.734. The Hall–Kier alpha value is -1.92. The summed E-state index contributed by atoms with van der Waals surface area (Å²) in [5.74, 6) is 0. The average molecular weight is 319 g/mol. The van der Waals surface area contributed by atoms with E-state index in [1.807, 2.05) is 35.7 Å². The van der Waals surface area contributed by atoms with E-state index in [2.05, 4.69) is 22.5 Å². The first-order chi connectivity index (χ1) is 10.7. The molecule has 2 heterocycles. The van der Waals surface area contributed by atoms with Crippen LogP contribution in [0.1, 0.15) is 42.5 Å². The number of aliphatic hydroxyl groups excluding tert-OH is 1. The van der Waals surface area contributed by atoms with E-state index < -0.39 is 6.10 Å². The van der Waals surface area contributed by atoms with Gasteiger partial charge in [-0.3, -0.25) is 4.98 Å². The molecular weight excluding hydrogens is 298 g/mol. The Morgan fingerprint density at radius 1 is 1.36 bits per heavy atom. The van der Waals surface area contributed by atoms with Crippen LogP contribution in [0.3, 0.4) is 0 Å². The molecule has 0 aliphatic heterocycles. The third-order valence-corrected chi connectivity index (χ3v) is 4.23. The Morgan fingerprint density at radius 2 is 2.23 bits per heavy atom. The summed E-state index contributed by atoms with van der Waals surface area (Å²) in [7, 11) is 0. The van der Waals surface area contributed by atoms with Crippen molar-refractivity contribution < 1.29 is 9.90 Å². The van der Waals surface area contributed by atoms with E-state index >= 15 is 0 Å². The van der Waals surface area contributed by atoms with Crippen molar-refractivity contribution in [2.45, 2.75) is 31.9 Å². The molecule has 5 nitrogen and oxygen atoms in total. The SMILES string of the molecule is CCCC(NC(=O)NCC(O)c1cccs1)c1ccccn1. The highest BCUT2D eigenvalue weighted by Crippen LogP contribution is 2.18. The van der Waals surface area contributed by atoms with Crippen LogP contribution in [0.5, 0.6) is 0 Å². The number of carbonyl (C=O) groups excluding carboxylic acids is 1. The maximum atomic E-state index is 12.0. The van der Waals surface area contributed by atoms with Crippen molar-refractivity contribution in [3.8, 4) is 0 Å². The van der Waals surface area contributed by atoms with Gasteiger partial charge in [-0.15, -0.1) is 11.3 Å². The summed E-state index contributed by atoms with van der Waals surface area (Å²) in [5, 5.41) is 17.5. The fourth-order valence-corrected chi connectivity index (χ4v) is 2.86. The van der Waals surface area contributed by atoms with Crippen LogP contribution in [0.2, 0.25) is 0 Å². The minimum Gasteiger partial charge on any atom is -0.386 e. The molecule has 3 N–H and O–H groups in total. The number of nitrogens with zero attached hydrogens (tertiary/aromatic N) is 1. The second-order valence-corrected chi connectivity index (χ2v) is 5.96. The van der Waals surface area contributed by atoms with Crippen molar-refractivity contribution >= 4 is 17.4 Å². The lowest BCUT2D eigenvalue weighted by Gasteiger charge is -2.18.